The Balaban J connectivity index is 1.43. The molecular formula is C33H42F7NOS. The molecule has 0 aliphatic heterocycles. The van der Waals surface area contributed by atoms with E-state index < -0.39 is 25.2 Å². The SMILES string of the molecule is Oc1ccc2c(c1)CCCC(c1ccc(F)cc1)=C2CCCCCCN(CCF)CCCSCCCC(F)(F)C(F)(F)F. The van der Waals surface area contributed by atoms with Crippen molar-refractivity contribution in [2.45, 2.75) is 82.7 Å². The zero-order valence-corrected chi connectivity index (χ0v) is 25.3. The van der Waals surface area contributed by atoms with Crippen molar-refractivity contribution in [3.8, 4) is 5.75 Å². The zero-order chi connectivity index (χ0) is 31.3. The predicted octanol–water partition coefficient (Wildman–Crippen LogP) is 10.1. The van der Waals surface area contributed by atoms with Crippen molar-refractivity contribution in [1.29, 1.82) is 0 Å². The fraction of sp³-hybridized carbons (Fsp3) is 0.576. The lowest BCUT2D eigenvalue weighted by Crippen LogP contribution is -2.36. The van der Waals surface area contributed by atoms with Gasteiger partial charge in [-0.05, 0) is 128 Å². The first-order valence-electron chi connectivity index (χ1n) is 15.1. The van der Waals surface area contributed by atoms with E-state index in [4.69, 9.17) is 0 Å². The first-order valence-corrected chi connectivity index (χ1v) is 16.3. The fourth-order valence-corrected chi connectivity index (χ4v) is 6.47. The summed E-state index contributed by atoms with van der Waals surface area (Å²) in [6.07, 6.45) is 1.23. The summed E-state index contributed by atoms with van der Waals surface area (Å²) in [6.45, 7) is 1.26. The molecule has 0 bridgehead atoms. The van der Waals surface area contributed by atoms with Crippen LogP contribution in [0.25, 0.3) is 11.1 Å². The van der Waals surface area contributed by atoms with Gasteiger partial charge < -0.3 is 10.0 Å². The molecule has 0 heterocycles. The number of halogens is 7. The number of alkyl halides is 6. The van der Waals surface area contributed by atoms with Crippen LogP contribution in [0.1, 0.15) is 80.9 Å². The molecule has 10 heteroatoms. The van der Waals surface area contributed by atoms with E-state index in [0.717, 1.165) is 81.0 Å². The molecule has 240 valence electrons. The van der Waals surface area contributed by atoms with Crippen LogP contribution in [-0.4, -0.2) is 59.9 Å². The minimum atomic E-state index is -5.50. The third-order valence-corrected chi connectivity index (χ3v) is 9.01. The molecule has 1 aliphatic carbocycles. The van der Waals surface area contributed by atoms with Gasteiger partial charge in [0.25, 0.3) is 0 Å². The van der Waals surface area contributed by atoms with Crippen LogP contribution in [0.15, 0.2) is 42.5 Å². The highest BCUT2D eigenvalue weighted by molar-refractivity contribution is 7.99. The molecule has 0 saturated heterocycles. The number of aryl methyl sites for hydroxylation is 1. The number of benzene rings is 2. The number of phenolic OH excluding ortho intramolecular Hbond substituents is 1. The maximum atomic E-state index is 13.6. The van der Waals surface area contributed by atoms with Crippen LogP contribution in [0, 0.1) is 5.82 Å². The van der Waals surface area contributed by atoms with Crippen LogP contribution in [0.4, 0.5) is 30.7 Å². The van der Waals surface area contributed by atoms with Crippen molar-refractivity contribution in [2.75, 3.05) is 37.8 Å². The molecule has 0 fully saturated rings. The van der Waals surface area contributed by atoms with E-state index >= 15 is 0 Å². The molecule has 0 atom stereocenters. The molecule has 0 amide bonds. The van der Waals surface area contributed by atoms with Gasteiger partial charge in [-0.2, -0.15) is 33.7 Å². The van der Waals surface area contributed by atoms with Crippen LogP contribution >= 0.6 is 11.8 Å². The molecule has 2 aromatic rings. The number of aromatic hydroxyl groups is 1. The Labute approximate surface area is 254 Å². The molecule has 43 heavy (non-hydrogen) atoms. The molecule has 2 nitrogen and oxygen atoms in total. The van der Waals surface area contributed by atoms with E-state index in [1.807, 2.05) is 29.2 Å². The van der Waals surface area contributed by atoms with Crippen LogP contribution in [0.2, 0.25) is 0 Å². The molecule has 0 unspecified atom stereocenters. The number of thioether (sulfide) groups is 1. The number of nitrogens with zero attached hydrogens (tertiary/aromatic N) is 1. The predicted molar refractivity (Wildman–Crippen MR) is 162 cm³/mol. The minimum absolute atomic E-state index is 0.207. The normalized spacial score (nSPS) is 14.3. The topological polar surface area (TPSA) is 23.5 Å². The highest BCUT2D eigenvalue weighted by Crippen LogP contribution is 2.40. The van der Waals surface area contributed by atoms with Crippen LogP contribution < -0.4 is 0 Å². The second-order valence-corrected chi connectivity index (χ2v) is 12.4. The summed E-state index contributed by atoms with van der Waals surface area (Å²) >= 11 is 1.35. The summed E-state index contributed by atoms with van der Waals surface area (Å²) in [6, 6.07) is 12.2. The second kappa shape index (κ2) is 17.3. The van der Waals surface area contributed by atoms with Crippen molar-refractivity contribution in [3.63, 3.8) is 0 Å². The average molecular weight is 634 g/mol. The Hall–Kier alpha value is -2.20. The number of fused-ring (bicyclic) bond motifs is 1. The number of hydrogen-bond acceptors (Lipinski definition) is 3. The van der Waals surface area contributed by atoms with E-state index in [-0.39, 0.29) is 23.7 Å². The van der Waals surface area contributed by atoms with E-state index in [1.54, 1.807) is 6.07 Å². The number of rotatable bonds is 18. The van der Waals surface area contributed by atoms with Gasteiger partial charge in [0, 0.05) is 13.0 Å². The van der Waals surface area contributed by atoms with Gasteiger partial charge in [-0.15, -0.1) is 0 Å². The molecule has 1 aliphatic rings. The lowest BCUT2D eigenvalue weighted by Gasteiger charge is -2.21. The fourth-order valence-electron chi connectivity index (χ4n) is 5.58. The molecular weight excluding hydrogens is 591 g/mol. The van der Waals surface area contributed by atoms with Crippen molar-refractivity contribution in [1.82, 2.24) is 4.90 Å². The Morgan fingerprint density at radius 2 is 1.49 bits per heavy atom. The summed E-state index contributed by atoms with van der Waals surface area (Å²) in [5.74, 6) is -3.79. The van der Waals surface area contributed by atoms with Crippen molar-refractivity contribution in [2.24, 2.45) is 0 Å². The maximum absolute atomic E-state index is 13.6. The third-order valence-electron chi connectivity index (χ3n) is 7.85. The van der Waals surface area contributed by atoms with Crippen LogP contribution in [0.3, 0.4) is 0 Å². The number of unbranched alkanes of at least 4 members (excludes halogenated alkanes) is 3. The highest BCUT2D eigenvalue weighted by Gasteiger charge is 2.56. The molecule has 3 rings (SSSR count). The summed E-state index contributed by atoms with van der Waals surface area (Å²) < 4.78 is 89.4. The number of allylic oxidation sites excluding steroid dienone is 2. The van der Waals surface area contributed by atoms with Gasteiger partial charge >= 0.3 is 12.1 Å². The standard InChI is InChI=1S/C33H42F7NOS/c34-18-21-41(20-7-23-43-22-6-17-32(36,37)33(38,39)40)19-4-2-1-3-9-31-29(25-11-13-27(35)14-12-25)10-5-8-26-24-28(42)15-16-30(26)31/h11-16,24,42H,1-10,17-23H2. The van der Waals surface area contributed by atoms with Gasteiger partial charge in [0.2, 0.25) is 0 Å². The quantitative estimate of drug-likeness (QED) is 0.131. The van der Waals surface area contributed by atoms with E-state index in [0.29, 0.717) is 18.8 Å². The number of hydrogen-bond donors (Lipinski definition) is 1. The third kappa shape index (κ3) is 11.3. The maximum Gasteiger partial charge on any atom is 0.453 e. The molecule has 0 saturated carbocycles. The second-order valence-electron chi connectivity index (χ2n) is 11.1. The monoisotopic (exact) mass is 633 g/mol. The van der Waals surface area contributed by atoms with Crippen molar-refractivity contribution < 1.29 is 35.8 Å². The first-order chi connectivity index (χ1) is 20.5. The lowest BCUT2D eigenvalue weighted by molar-refractivity contribution is -0.284. The Bertz CT molecular complexity index is 1150. The Morgan fingerprint density at radius 1 is 0.791 bits per heavy atom. The number of phenols is 1. The molecule has 0 aromatic heterocycles. The summed E-state index contributed by atoms with van der Waals surface area (Å²) in [5, 5.41) is 10.0. The van der Waals surface area contributed by atoms with Gasteiger partial charge in [0.05, 0.1) is 0 Å². The molecule has 2 aromatic carbocycles. The van der Waals surface area contributed by atoms with Gasteiger partial charge in [0.1, 0.15) is 18.2 Å². The summed E-state index contributed by atoms with van der Waals surface area (Å²) in [7, 11) is 0. The van der Waals surface area contributed by atoms with E-state index in [2.05, 4.69) is 0 Å². The largest absolute Gasteiger partial charge is 0.508 e. The van der Waals surface area contributed by atoms with Gasteiger partial charge in [-0.1, -0.05) is 31.0 Å². The van der Waals surface area contributed by atoms with Gasteiger partial charge in [0.15, 0.2) is 0 Å². The molecule has 0 spiro atoms. The molecule has 1 N–H and O–H groups in total. The zero-order valence-electron chi connectivity index (χ0n) is 24.5. The Morgan fingerprint density at radius 3 is 2.21 bits per heavy atom. The lowest BCUT2D eigenvalue weighted by atomic mass is 9.89. The van der Waals surface area contributed by atoms with Crippen LogP contribution in [0.5, 0.6) is 5.75 Å². The van der Waals surface area contributed by atoms with Crippen LogP contribution in [-0.2, 0) is 6.42 Å². The minimum Gasteiger partial charge on any atom is -0.508 e. The smallest absolute Gasteiger partial charge is 0.453 e. The summed E-state index contributed by atoms with van der Waals surface area (Å²) in [5.41, 5.74) is 5.78. The molecule has 0 radical (unpaired) electrons. The van der Waals surface area contributed by atoms with Crippen molar-refractivity contribution in [3.05, 3.63) is 65.0 Å². The van der Waals surface area contributed by atoms with E-state index in [9.17, 15) is 35.8 Å². The highest BCUT2D eigenvalue weighted by atomic mass is 32.2. The first kappa shape index (κ1) is 35.3. The van der Waals surface area contributed by atoms with Gasteiger partial charge in [-0.25, -0.2) is 8.78 Å². The van der Waals surface area contributed by atoms with Crippen molar-refractivity contribution >= 4 is 22.9 Å². The van der Waals surface area contributed by atoms with E-state index in [1.165, 1.54) is 35.0 Å². The Kier molecular flexibility index (Phi) is 14.2. The average Bonchev–Trinajstić information content (AvgIpc) is 3.12. The summed E-state index contributed by atoms with van der Waals surface area (Å²) in [4.78, 5) is 2.04. The van der Waals surface area contributed by atoms with Gasteiger partial charge in [-0.3, -0.25) is 0 Å².